The van der Waals surface area contributed by atoms with Crippen molar-refractivity contribution in [3.63, 3.8) is 0 Å². The Hall–Kier alpha value is -3.40. The van der Waals surface area contributed by atoms with Crippen LogP contribution in [0.1, 0.15) is 41.2 Å². The van der Waals surface area contributed by atoms with Crippen molar-refractivity contribution in [2.24, 2.45) is 0 Å². The van der Waals surface area contributed by atoms with Crippen molar-refractivity contribution >= 4 is 11.8 Å². The molecule has 0 aliphatic carbocycles. The highest BCUT2D eigenvalue weighted by molar-refractivity contribution is 5.88. The Bertz CT molecular complexity index is 1030. The van der Waals surface area contributed by atoms with Gasteiger partial charge < -0.3 is 10.2 Å². The fraction of sp³-hybridized carbons (Fsp3) is 0.310. The minimum atomic E-state index is -0.575. The summed E-state index contributed by atoms with van der Waals surface area (Å²) < 4.78 is 0. The Morgan fingerprint density at radius 1 is 0.818 bits per heavy atom. The van der Waals surface area contributed by atoms with Crippen molar-refractivity contribution < 1.29 is 9.59 Å². The summed E-state index contributed by atoms with van der Waals surface area (Å²) in [7, 11) is 1.63. The second-order valence-electron chi connectivity index (χ2n) is 8.50. The molecule has 33 heavy (non-hydrogen) atoms. The van der Waals surface area contributed by atoms with Gasteiger partial charge in [-0.3, -0.25) is 9.59 Å². The molecule has 0 saturated carbocycles. The van der Waals surface area contributed by atoms with Gasteiger partial charge in [-0.25, -0.2) is 0 Å². The molecule has 2 amide bonds. The van der Waals surface area contributed by atoms with Crippen molar-refractivity contribution in [1.29, 1.82) is 0 Å². The van der Waals surface area contributed by atoms with Gasteiger partial charge in [0.2, 0.25) is 11.8 Å². The van der Waals surface area contributed by atoms with Crippen molar-refractivity contribution in [3.05, 3.63) is 107 Å². The lowest BCUT2D eigenvalue weighted by molar-refractivity contribution is -0.141. The average molecular weight is 443 g/mol. The van der Waals surface area contributed by atoms with Crippen LogP contribution in [0.25, 0.3) is 0 Å². The van der Waals surface area contributed by atoms with Gasteiger partial charge in [0.15, 0.2) is 0 Å². The standard InChI is InChI=1S/C29H34N2O2/c1-4-23-14-16-24(17-15-23)18-19-28(32)31(21-26-12-10-22(2)11-13-26)27(29(33)30-3)20-25-8-6-5-7-9-25/h5-17,27H,4,18-21H2,1-3H3,(H,30,33). The topological polar surface area (TPSA) is 49.4 Å². The Balaban J connectivity index is 1.84. The third kappa shape index (κ3) is 7.04. The van der Waals surface area contributed by atoms with Crippen LogP contribution in [0.2, 0.25) is 0 Å². The maximum Gasteiger partial charge on any atom is 0.242 e. The predicted molar refractivity (Wildman–Crippen MR) is 134 cm³/mol. The number of amides is 2. The Labute approximate surface area is 197 Å². The average Bonchev–Trinajstić information content (AvgIpc) is 2.86. The number of carbonyl (C=O) groups is 2. The van der Waals surface area contributed by atoms with E-state index in [-0.39, 0.29) is 11.8 Å². The van der Waals surface area contributed by atoms with Crippen molar-refractivity contribution in [2.75, 3.05) is 7.05 Å². The molecule has 0 aromatic heterocycles. The van der Waals surface area contributed by atoms with Crippen LogP contribution in [0.4, 0.5) is 0 Å². The van der Waals surface area contributed by atoms with E-state index in [1.54, 1.807) is 11.9 Å². The van der Waals surface area contributed by atoms with E-state index in [4.69, 9.17) is 0 Å². The summed E-state index contributed by atoms with van der Waals surface area (Å²) in [6.07, 6.45) is 2.48. The highest BCUT2D eigenvalue weighted by atomic mass is 16.2. The van der Waals surface area contributed by atoms with E-state index in [1.165, 1.54) is 11.1 Å². The number of hydrogen-bond acceptors (Lipinski definition) is 2. The molecule has 172 valence electrons. The molecule has 0 fully saturated rings. The largest absolute Gasteiger partial charge is 0.357 e. The summed E-state index contributed by atoms with van der Waals surface area (Å²) in [5.74, 6) is -0.161. The normalized spacial score (nSPS) is 11.6. The lowest BCUT2D eigenvalue weighted by Crippen LogP contribution is -2.49. The first-order chi connectivity index (χ1) is 16.0. The zero-order valence-electron chi connectivity index (χ0n) is 19.9. The predicted octanol–water partition coefficient (Wildman–Crippen LogP) is 4.88. The smallest absolute Gasteiger partial charge is 0.242 e. The number of benzene rings is 3. The monoisotopic (exact) mass is 442 g/mol. The van der Waals surface area contributed by atoms with Gasteiger partial charge in [-0.05, 0) is 42.0 Å². The number of nitrogens with one attached hydrogen (secondary N) is 1. The van der Waals surface area contributed by atoms with E-state index in [1.807, 2.05) is 61.5 Å². The molecule has 4 heteroatoms. The molecule has 0 saturated heterocycles. The molecule has 4 nitrogen and oxygen atoms in total. The zero-order valence-corrected chi connectivity index (χ0v) is 19.9. The van der Waals surface area contributed by atoms with E-state index in [9.17, 15) is 9.59 Å². The Morgan fingerprint density at radius 2 is 1.42 bits per heavy atom. The molecule has 1 unspecified atom stereocenters. The van der Waals surface area contributed by atoms with E-state index < -0.39 is 6.04 Å². The number of likely N-dealkylation sites (N-methyl/N-ethyl adjacent to an activating group) is 1. The highest BCUT2D eigenvalue weighted by Crippen LogP contribution is 2.17. The van der Waals surface area contributed by atoms with Crippen LogP contribution < -0.4 is 5.32 Å². The van der Waals surface area contributed by atoms with Gasteiger partial charge in [-0.1, -0.05) is 91.3 Å². The van der Waals surface area contributed by atoms with E-state index in [0.717, 1.165) is 23.1 Å². The number of hydrogen-bond donors (Lipinski definition) is 1. The maximum atomic E-state index is 13.5. The van der Waals surface area contributed by atoms with Crippen LogP contribution in [0.5, 0.6) is 0 Å². The third-order valence-corrected chi connectivity index (χ3v) is 6.05. The SMILES string of the molecule is CCc1ccc(CCC(=O)N(Cc2ccc(C)cc2)C(Cc2ccccc2)C(=O)NC)cc1. The number of nitrogens with zero attached hydrogens (tertiary/aromatic N) is 1. The van der Waals surface area contributed by atoms with Crippen LogP contribution in [0.3, 0.4) is 0 Å². The summed E-state index contributed by atoms with van der Waals surface area (Å²) >= 11 is 0. The second-order valence-corrected chi connectivity index (χ2v) is 8.50. The van der Waals surface area contributed by atoms with Gasteiger partial charge >= 0.3 is 0 Å². The van der Waals surface area contributed by atoms with Crippen molar-refractivity contribution in [3.8, 4) is 0 Å². The first-order valence-corrected chi connectivity index (χ1v) is 11.7. The first-order valence-electron chi connectivity index (χ1n) is 11.7. The molecule has 0 bridgehead atoms. The Morgan fingerprint density at radius 3 is 2.03 bits per heavy atom. The van der Waals surface area contributed by atoms with E-state index >= 15 is 0 Å². The van der Waals surface area contributed by atoms with Gasteiger partial charge in [0.1, 0.15) is 6.04 Å². The molecule has 0 radical (unpaired) electrons. The molecule has 3 aromatic carbocycles. The molecule has 3 rings (SSSR count). The lowest BCUT2D eigenvalue weighted by Gasteiger charge is -2.31. The van der Waals surface area contributed by atoms with E-state index in [0.29, 0.717) is 25.8 Å². The highest BCUT2D eigenvalue weighted by Gasteiger charge is 2.29. The molecule has 0 heterocycles. The third-order valence-electron chi connectivity index (χ3n) is 6.05. The summed E-state index contributed by atoms with van der Waals surface area (Å²) in [5, 5.41) is 2.77. The van der Waals surface area contributed by atoms with Gasteiger partial charge in [-0.15, -0.1) is 0 Å². The van der Waals surface area contributed by atoms with Crippen molar-refractivity contribution in [1.82, 2.24) is 10.2 Å². The van der Waals surface area contributed by atoms with E-state index in [2.05, 4.69) is 36.5 Å². The van der Waals surface area contributed by atoms with Crippen LogP contribution in [0.15, 0.2) is 78.9 Å². The second kappa shape index (κ2) is 12.0. The summed E-state index contributed by atoms with van der Waals surface area (Å²) in [6, 6.07) is 25.9. The van der Waals surface area contributed by atoms with Gasteiger partial charge in [0, 0.05) is 26.4 Å². The summed E-state index contributed by atoms with van der Waals surface area (Å²) in [5.41, 5.74) is 5.63. The molecule has 0 aliphatic heterocycles. The number of aryl methyl sites for hydroxylation is 3. The number of carbonyl (C=O) groups excluding carboxylic acids is 2. The molecule has 1 atom stereocenters. The fourth-order valence-corrected chi connectivity index (χ4v) is 3.95. The van der Waals surface area contributed by atoms with Crippen LogP contribution >= 0.6 is 0 Å². The fourth-order valence-electron chi connectivity index (χ4n) is 3.95. The maximum absolute atomic E-state index is 13.5. The van der Waals surface area contributed by atoms with Crippen LogP contribution in [-0.2, 0) is 35.4 Å². The quantitative estimate of drug-likeness (QED) is 0.487. The molecule has 0 aliphatic rings. The molecule has 1 N–H and O–H groups in total. The number of rotatable bonds is 10. The molecule has 0 spiro atoms. The Kier molecular flexibility index (Phi) is 8.82. The van der Waals surface area contributed by atoms with Gasteiger partial charge in [-0.2, -0.15) is 0 Å². The molecular formula is C29H34N2O2. The minimum Gasteiger partial charge on any atom is -0.357 e. The lowest BCUT2D eigenvalue weighted by atomic mass is 10.0. The van der Waals surface area contributed by atoms with Gasteiger partial charge in [0.25, 0.3) is 0 Å². The van der Waals surface area contributed by atoms with Crippen molar-refractivity contribution in [2.45, 2.75) is 52.1 Å². The van der Waals surface area contributed by atoms with Gasteiger partial charge in [0.05, 0.1) is 0 Å². The first kappa shape index (κ1) is 24.2. The summed E-state index contributed by atoms with van der Waals surface area (Å²) in [6.45, 7) is 4.57. The molecular weight excluding hydrogens is 408 g/mol. The minimum absolute atomic E-state index is 0.0142. The van der Waals surface area contributed by atoms with Crippen LogP contribution in [0, 0.1) is 6.92 Å². The molecule has 3 aromatic rings. The summed E-state index contributed by atoms with van der Waals surface area (Å²) in [4.78, 5) is 28.2. The van der Waals surface area contributed by atoms with Crippen LogP contribution in [-0.4, -0.2) is 29.8 Å². The zero-order chi connectivity index (χ0) is 23.6.